The van der Waals surface area contributed by atoms with E-state index in [9.17, 15) is 9.90 Å². The second-order valence-electron chi connectivity index (χ2n) is 3.65. The Labute approximate surface area is 98.7 Å². The molecule has 0 aliphatic heterocycles. The van der Waals surface area contributed by atoms with Crippen molar-refractivity contribution in [3.8, 4) is 11.5 Å². The van der Waals surface area contributed by atoms with E-state index >= 15 is 0 Å². The average molecular weight is 240 g/mol. The summed E-state index contributed by atoms with van der Waals surface area (Å²) >= 11 is 0. The fraction of sp³-hybridized carbons (Fsp3) is 0.364. The predicted molar refractivity (Wildman–Crippen MR) is 61.5 cm³/mol. The van der Waals surface area contributed by atoms with Gasteiger partial charge >= 0.3 is 0 Å². The van der Waals surface area contributed by atoms with Gasteiger partial charge in [0, 0.05) is 6.54 Å². The summed E-state index contributed by atoms with van der Waals surface area (Å²) in [4.78, 5) is 11.2. The van der Waals surface area contributed by atoms with E-state index in [1.807, 2.05) is 0 Å². The van der Waals surface area contributed by atoms with Crippen molar-refractivity contribution in [1.29, 1.82) is 0 Å². The molecule has 0 aliphatic carbocycles. The van der Waals surface area contributed by atoms with Crippen LogP contribution in [0.25, 0.3) is 0 Å². The maximum absolute atomic E-state index is 11.2. The molecule has 1 aromatic carbocycles. The van der Waals surface area contributed by atoms with Gasteiger partial charge in [0.25, 0.3) is 0 Å². The Balaban J connectivity index is 2.41. The maximum Gasteiger partial charge on any atom is 0.239 e. The number of rotatable bonds is 5. The topological polar surface area (TPSA) is 116 Å². The van der Waals surface area contributed by atoms with Gasteiger partial charge in [-0.15, -0.1) is 0 Å². The second-order valence-corrected chi connectivity index (χ2v) is 3.65. The molecule has 6 N–H and O–H groups in total. The molecule has 17 heavy (non-hydrogen) atoms. The van der Waals surface area contributed by atoms with Gasteiger partial charge in [-0.3, -0.25) is 4.79 Å². The third-order valence-corrected chi connectivity index (χ3v) is 2.29. The van der Waals surface area contributed by atoms with Crippen LogP contribution in [0.15, 0.2) is 18.2 Å². The fourth-order valence-electron chi connectivity index (χ4n) is 1.27. The number of aliphatic hydroxyl groups excluding tert-OH is 1. The molecule has 94 valence electrons. The van der Waals surface area contributed by atoms with Crippen LogP contribution < -0.4 is 11.1 Å². The van der Waals surface area contributed by atoms with Crippen LogP contribution in [0.4, 0.5) is 0 Å². The van der Waals surface area contributed by atoms with Crippen molar-refractivity contribution in [2.75, 3.05) is 13.2 Å². The number of nitrogens with one attached hydrogen (secondary N) is 1. The average Bonchev–Trinajstić information content (AvgIpc) is 2.32. The lowest BCUT2D eigenvalue weighted by Gasteiger charge is -2.09. The summed E-state index contributed by atoms with van der Waals surface area (Å²) in [5.74, 6) is -0.795. The molecule has 6 heteroatoms. The van der Waals surface area contributed by atoms with Crippen molar-refractivity contribution >= 4 is 5.91 Å². The zero-order valence-corrected chi connectivity index (χ0v) is 9.26. The number of phenolic OH excluding ortho intramolecular Hbond substituents is 2. The van der Waals surface area contributed by atoms with E-state index in [-0.39, 0.29) is 11.5 Å². The van der Waals surface area contributed by atoms with Crippen molar-refractivity contribution in [1.82, 2.24) is 5.32 Å². The largest absolute Gasteiger partial charge is 0.504 e. The number of hydrogen-bond acceptors (Lipinski definition) is 5. The van der Waals surface area contributed by atoms with Gasteiger partial charge in [0.15, 0.2) is 11.5 Å². The zero-order valence-electron chi connectivity index (χ0n) is 9.26. The summed E-state index contributed by atoms with van der Waals surface area (Å²) in [5, 5.41) is 29.5. The van der Waals surface area contributed by atoms with E-state index in [2.05, 4.69) is 5.32 Å². The number of carbonyl (C=O) groups excluding carboxylic acids is 1. The monoisotopic (exact) mass is 240 g/mol. The molecule has 1 amide bonds. The second kappa shape index (κ2) is 6.07. The van der Waals surface area contributed by atoms with Gasteiger partial charge in [0.1, 0.15) is 6.04 Å². The molecule has 1 atom stereocenters. The molecule has 0 aromatic heterocycles. The van der Waals surface area contributed by atoms with Gasteiger partial charge in [-0.2, -0.15) is 0 Å². The molecule has 0 aliphatic rings. The van der Waals surface area contributed by atoms with Gasteiger partial charge in [-0.25, -0.2) is 0 Å². The van der Waals surface area contributed by atoms with Gasteiger partial charge in [-0.1, -0.05) is 6.07 Å². The molecule has 1 aromatic rings. The Morgan fingerprint density at radius 3 is 2.65 bits per heavy atom. The van der Waals surface area contributed by atoms with Crippen LogP contribution >= 0.6 is 0 Å². The highest BCUT2D eigenvalue weighted by Crippen LogP contribution is 2.24. The molecule has 0 fully saturated rings. The van der Waals surface area contributed by atoms with Crippen LogP contribution in [0, 0.1) is 0 Å². The molecule has 1 rings (SSSR count). The molecule has 0 spiro atoms. The van der Waals surface area contributed by atoms with Crippen molar-refractivity contribution in [2.24, 2.45) is 5.73 Å². The van der Waals surface area contributed by atoms with Gasteiger partial charge < -0.3 is 26.4 Å². The molecule has 0 radical (unpaired) electrons. The molecular weight excluding hydrogens is 224 g/mol. The van der Waals surface area contributed by atoms with E-state index in [1.165, 1.54) is 12.1 Å². The number of hydrogen-bond donors (Lipinski definition) is 5. The van der Waals surface area contributed by atoms with Crippen LogP contribution in [-0.2, 0) is 11.2 Å². The van der Waals surface area contributed by atoms with E-state index in [4.69, 9.17) is 15.9 Å². The number of aromatic hydroxyl groups is 2. The Kier molecular flexibility index (Phi) is 4.74. The highest BCUT2D eigenvalue weighted by molar-refractivity contribution is 5.81. The highest BCUT2D eigenvalue weighted by atomic mass is 16.3. The van der Waals surface area contributed by atoms with Crippen molar-refractivity contribution in [3.05, 3.63) is 23.8 Å². The highest BCUT2D eigenvalue weighted by Gasteiger charge is 2.10. The first-order valence-corrected chi connectivity index (χ1v) is 5.19. The third-order valence-electron chi connectivity index (χ3n) is 2.29. The quantitative estimate of drug-likeness (QED) is 0.427. The standard InChI is InChI=1S/C11H16N2O4/c12-8(6-14)11(17)13-4-3-7-1-2-9(15)10(16)5-7/h1-2,5,8,14-16H,3-4,6,12H2,(H,13,17)/t8-/m0/s1. The molecule has 0 heterocycles. The van der Waals surface area contributed by atoms with Crippen molar-refractivity contribution < 1.29 is 20.1 Å². The summed E-state index contributed by atoms with van der Waals surface area (Å²) in [5.41, 5.74) is 6.08. The minimum Gasteiger partial charge on any atom is -0.504 e. The number of amides is 1. The maximum atomic E-state index is 11.2. The van der Waals surface area contributed by atoms with E-state index in [0.29, 0.717) is 13.0 Å². The van der Waals surface area contributed by atoms with Crippen molar-refractivity contribution in [2.45, 2.75) is 12.5 Å². The fourth-order valence-corrected chi connectivity index (χ4v) is 1.27. The number of phenols is 2. The van der Waals surface area contributed by atoms with Crippen LogP contribution in [0.5, 0.6) is 11.5 Å². The summed E-state index contributed by atoms with van der Waals surface area (Å²) in [7, 11) is 0. The van der Waals surface area contributed by atoms with E-state index in [0.717, 1.165) is 5.56 Å². The smallest absolute Gasteiger partial charge is 0.239 e. The lowest BCUT2D eigenvalue weighted by atomic mass is 10.1. The summed E-state index contributed by atoms with van der Waals surface area (Å²) in [6.07, 6.45) is 0.498. The Bertz CT molecular complexity index is 395. The van der Waals surface area contributed by atoms with E-state index < -0.39 is 18.6 Å². The molecule has 0 unspecified atom stereocenters. The van der Waals surface area contributed by atoms with Gasteiger partial charge in [0.05, 0.1) is 6.61 Å². The Morgan fingerprint density at radius 1 is 1.35 bits per heavy atom. The van der Waals surface area contributed by atoms with Crippen LogP contribution in [0.2, 0.25) is 0 Å². The summed E-state index contributed by atoms with van der Waals surface area (Å²) in [6.45, 7) is -0.0530. The number of carbonyl (C=O) groups is 1. The van der Waals surface area contributed by atoms with Crippen molar-refractivity contribution in [3.63, 3.8) is 0 Å². The minimum atomic E-state index is -0.914. The Hall–Kier alpha value is -1.79. The first-order chi connectivity index (χ1) is 8.04. The van der Waals surface area contributed by atoms with Crippen LogP contribution in [0.3, 0.4) is 0 Å². The van der Waals surface area contributed by atoms with Gasteiger partial charge in [-0.05, 0) is 24.1 Å². The zero-order chi connectivity index (χ0) is 12.8. The molecule has 0 saturated carbocycles. The first-order valence-electron chi connectivity index (χ1n) is 5.19. The lowest BCUT2D eigenvalue weighted by molar-refractivity contribution is -0.123. The third kappa shape index (κ3) is 3.93. The summed E-state index contributed by atoms with van der Waals surface area (Å²) in [6, 6.07) is 3.54. The van der Waals surface area contributed by atoms with Crippen LogP contribution in [-0.4, -0.2) is 40.4 Å². The molecular formula is C11H16N2O4. The SMILES string of the molecule is N[C@@H](CO)C(=O)NCCc1ccc(O)c(O)c1. The Morgan fingerprint density at radius 2 is 2.06 bits per heavy atom. The summed E-state index contributed by atoms with van der Waals surface area (Å²) < 4.78 is 0. The van der Waals surface area contributed by atoms with Crippen LogP contribution in [0.1, 0.15) is 5.56 Å². The normalized spacial score (nSPS) is 12.1. The molecule has 0 saturated heterocycles. The minimum absolute atomic E-state index is 0.180. The number of benzene rings is 1. The number of nitrogens with two attached hydrogens (primary N) is 1. The first kappa shape index (κ1) is 13.3. The van der Waals surface area contributed by atoms with Gasteiger partial charge in [0.2, 0.25) is 5.91 Å². The molecule has 6 nitrogen and oxygen atoms in total. The predicted octanol–water partition coefficient (Wildman–Crippen LogP) is -0.924. The number of aliphatic hydroxyl groups is 1. The van der Waals surface area contributed by atoms with E-state index in [1.54, 1.807) is 6.07 Å². The lowest BCUT2D eigenvalue weighted by Crippen LogP contribution is -2.43. The molecule has 0 bridgehead atoms.